The van der Waals surface area contributed by atoms with Crippen molar-refractivity contribution in [3.05, 3.63) is 24.3 Å². The molecule has 20 heavy (non-hydrogen) atoms. The van der Waals surface area contributed by atoms with Gasteiger partial charge in [0.25, 0.3) is 0 Å². The zero-order chi connectivity index (χ0) is 15.2. The molecule has 0 saturated heterocycles. The Bertz CT molecular complexity index is 501. The van der Waals surface area contributed by atoms with E-state index in [2.05, 4.69) is 4.72 Å². The fraction of sp³-hybridized carbons (Fsp3) is 0.500. The summed E-state index contributed by atoms with van der Waals surface area (Å²) in [6.07, 6.45) is 0. The number of hydrogen-bond donors (Lipinski definition) is 4. The van der Waals surface area contributed by atoms with Crippen molar-refractivity contribution in [3.63, 3.8) is 0 Å². The van der Waals surface area contributed by atoms with E-state index in [1.165, 1.54) is 24.3 Å². The first kappa shape index (κ1) is 16.9. The highest BCUT2D eigenvalue weighted by atomic mass is 32.2. The summed E-state index contributed by atoms with van der Waals surface area (Å²) < 4.78 is 31.5. The molecule has 1 aromatic rings. The number of rotatable bonds is 8. The molecule has 114 valence electrons. The normalized spacial score (nSPS) is 12.4. The molecule has 0 unspecified atom stereocenters. The van der Waals surface area contributed by atoms with E-state index in [1.54, 1.807) is 0 Å². The summed E-state index contributed by atoms with van der Waals surface area (Å²) in [5, 5.41) is 27.4. The van der Waals surface area contributed by atoms with Gasteiger partial charge >= 0.3 is 0 Å². The first-order valence-electron chi connectivity index (χ1n) is 6.02. The minimum atomic E-state index is -3.97. The molecular formula is C12H19NO6S. The zero-order valence-corrected chi connectivity index (χ0v) is 11.9. The molecule has 0 heterocycles. The first-order valence-corrected chi connectivity index (χ1v) is 7.51. The van der Waals surface area contributed by atoms with Crippen molar-refractivity contribution < 1.29 is 28.5 Å². The highest BCUT2D eigenvalue weighted by Crippen LogP contribution is 2.17. The molecule has 0 fully saturated rings. The van der Waals surface area contributed by atoms with Gasteiger partial charge in [-0.2, -0.15) is 4.72 Å². The molecule has 1 aromatic carbocycles. The standard InChI is InChI=1S/C12H19NO6S/c1-2-19-10-3-5-11(6-4-10)20(17,18)13-12(7-14,8-15)9-16/h3-6,13-16H,2,7-9H2,1H3. The van der Waals surface area contributed by atoms with Crippen molar-refractivity contribution in [3.8, 4) is 5.75 Å². The summed E-state index contributed by atoms with van der Waals surface area (Å²) in [4.78, 5) is -0.0549. The van der Waals surface area contributed by atoms with Crippen molar-refractivity contribution in [2.45, 2.75) is 17.4 Å². The van der Waals surface area contributed by atoms with Crippen LogP contribution in [0.15, 0.2) is 29.2 Å². The Balaban J connectivity index is 2.98. The Morgan fingerprint density at radius 2 is 1.60 bits per heavy atom. The van der Waals surface area contributed by atoms with Gasteiger partial charge in [-0.25, -0.2) is 8.42 Å². The van der Waals surface area contributed by atoms with Gasteiger partial charge in [-0.15, -0.1) is 0 Å². The van der Waals surface area contributed by atoms with Gasteiger partial charge in [0, 0.05) is 0 Å². The Labute approximate surface area is 117 Å². The summed E-state index contributed by atoms with van der Waals surface area (Å²) >= 11 is 0. The van der Waals surface area contributed by atoms with Crippen molar-refractivity contribution in [2.75, 3.05) is 26.4 Å². The molecule has 8 heteroatoms. The molecule has 0 spiro atoms. The molecule has 0 radical (unpaired) electrons. The lowest BCUT2D eigenvalue weighted by Crippen LogP contribution is -2.56. The van der Waals surface area contributed by atoms with E-state index in [1.807, 2.05) is 6.92 Å². The summed E-state index contributed by atoms with van der Waals surface area (Å²) in [7, 11) is -3.97. The highest BCUT2D eigenvalue weighted by molar-refractivity contribution is 7.89. The van der Waals surface area contributed by atoms with Gasteiger partial charge in [-0.05, 0) is 31.2 Å². The maximum absolute atomic E-state index is 12.1. The molecular weight excluding hydrogens is 286 g/mol. The monoisotopic (exact) mass is 305 g/mol. The van der Waals surface area contributed by atoms with Crippen molar-refractivity contribution in [1.29, 1.82) is 0 Å². The average molecular weight is 305 g/mol. The second-order valence-corrected chi connectivity index (χ2v) is 5.95. The summed E-state index contributed by atoms with van der Waals surface area (Å²) in [6.45, 7) is 0.0973. The van der Waals surface area contributed by atoms with Crippen LogP contribution in [-0.2, 0) is 10.0 Å². The molecule has 0 amide bonds. The van der Waals surface area contributed by atoms with Crippen LogP contribution in [-0.4, -0.2) is 55.7 Å². The first-order chi connectivity index (χ1) is 9.43. The van der Waals surface area contributed by atoms with Crippen LogP contribution in [0.4, 0.5) is 0 Å². The quantitative estimate of drug-likeness (QED) is 0.493. The smallest absolute Gasteiger partial charge is 0.241 e. The van der Waals surface area contributed by atoms with Crippen molar-refractivity contribution in [2.24, 2.45) is 0 Å². The summed E-state index contributed by atoms with van der Waals surface area (Å²) in [5.41, 5.74) is -1.70. The maximum atomic E-state index is 12.1. The van der Waals surface area contributed by atoms with Crippen LogP contribution in [0.1, 0.15) is 6.92 Å². The zero-order valence-electron chi connectivity index (χ0n) is 11.1. The lowest BCUT2D eigenvalue weighted by molar-refractivity contribution is 0.0582. The molecule has 0 aliphatic rings. The van der Waals surface area contributed by atoms with Gasteiger partial charge in [-0.1, -0.05) is 0 Å². The number of sulfonamides is 1. The van der Waals surface area contributed by atoms with Crippen LogP contribution in [0, 0.1) is 0 Å². The highest BCUT2D eigenvalue weighted by Gasteiger charge is 2.33. The Hall–Kier alpha value is -1.19. The second kappa shape index (κ2) is 7.00. The Morgan fingerprint density at radius 1 is 1.10 bits per heavy atom. The molecule has 7 nitrogen and oxygen atoms in total. The third kappa shape index (κ3) is 3.90. The number of benzene rings is 1. The van der Waals surface area contributed by atoms with Gasteiger partial charge in [-0.3, -0.25) is 0 Å². The SMILES string of the molecule is CCOc1ccc(S(=O)(=O)NC(CO)(CO)CO)cc1. The number of aliphatic hydroxyl groups is 3. The van der Waals surface area contributed by atoms with Crippen molar-refractivity contribution >= 4 is 10.0 Å². The minimum Gasteiger partial charge on any atom is -0.494 e. The van der Waals surface area contributed by atoms with E-state index in [-0.39, 0.29) is 4.90 Å². The van der Waals surface area contributed by atoms with Crippen LogP contribution >= 0.6 is 0 Å². The van der Waals surface area contributed by atoms with E-state index < -0.39 is 35.4 Å². The predicted octanol–water partition coefficient (Wildman–Crippen LogP) is -0.921. The predicted molar refractivity (Wildman–Crippen MR) is 71.9 cm³/mol. The fourth-order valence-corrected chi connectivity index (χ4v) is 2.85. The van der Waals surface area contributed by atoms with Gasteiger partial charge < -0.3 is 20.1 Å². The molecule has 4 N–H and O–H groups in total. The Morgan fingerprint density at radius 3 is 2.00 bits per heavy atom. The molecule has 0 atom stereocenters. The molecule has 1 rings (SSSR count). The Kier molecular flexibility index (Phi) is 5.90. The van der Waals surface area contributed by atoms with Crippen LogP contribution < -0.4 is 9.46 Å². The number of aliphatic hydroxyl groups excluding tert-OH is 3. The second-order valence-electron chi connectivity index (χ2n) is 4.26. The van der Waals surface area contributed by atoms with Crippen LogP contribution in [0.5, 0.6) is 5.75 Å². The van der Waals surface area contributed by atoms with E-state index in [0.29, 0.717) is 12.4 Å². The summed E-state index contributed by atoms with van der Waals surface area (Å²) in [6, 6.07) is 5.67. The third-order valence-electron chi connectivity index (χ3n) is 2.70. The number of nitrogens with one attached hydrogen (secondary N) is 1. The van der Waals surface area contributed by atoms with E-state index in [9.17, 15) is 8.42 Å². The van der Waals surface area contributed by atoms with Crippen LogP contribution in [0.3, 0.4) is 0 Å². The van der Waals surface area contributed by atoms with Crippen LogP contribution in [0.25, 0.3) is 0 Å². The van der Waals surface area contributed by atoms with Crippen LogP contribution in [0.2, 0.25) is 0 Å². The lowest BCUT2D eigenvalue weighted by atomic mass is 10.1. The van der Waals surface area contributed by atoms with E-state index in [4.69, 9.17) is 20.1 Å². The third-order valence-corrected chi connectivity index (χ3v) is 4.30. The molecule has 0 bridgehead atoms. The van der Waals surface area contributed by atoms with Gasteiger partial charge in [0.05, 0.1) is 31.3 Å². The minimum absolute atomic E-state index is 0.0549. The number of hydrogen-bond acceptors (Lipinski definition) is 6. The fourth-order valence-electron chi connectivity index (χ4n) is 1.47. The molecule has 0 saturated carbocycles. The largest absolute Gasteiger partial charge is 0.494 e. The van der Waals surface area contributed by atoms with Gasteiger partial charge in [0.15, 0.2) is 0 Å². The molecule has 0 aliphatic heterocycles. The van der Waals surface area contributed by atoms with Crippen molar-refractivity contribution in [1.82, 2.24) is 4.72 Å². The topological polar surface area (TPSA) is 116 Å². The lowest BCUT2D eigenvalue weighted by Gasteiger charge is -2.28. The average Bonchev–Trinajstić information content (AvgIpc) is 2.46. The number of ether oxygens (including phenoxy) is 1. The summed E-state index contributed by atoms with van der Waals surface area (Å²) in [5.74, 6) is 0.532. The van der Waals surface area contributed by atoms with E-state index in [0.717, 1.165) is 0 Å². The van der Waals surface area contributed by atoms with Gasteiger partial charge in [0.1, 0.15) is 11.3 Å². The van der Waals surface area contributed by atoms with Gasteiger partial charge in [0.2, 0.25) is 10.0 Å². The van der Waals surface area contributed by atoms with E-state index >= 15 is 0 Å². The molecule has 0 aliphatic carbocycles. The molecule has 0 aromatic heterocycles. The maximum Gasteiger partial charge on any atom is 0.241 e.